The summed E-state index contributed by atoms with van der Waals surface area (Å²) in [6.07, 6.45) is -8.39. The van der Waals surface area contributed by atoms with Crippen LogP contribution in [0.4, 0.5) is 15.3 Å². The van der Waals surface area contributed by atoms with Gasteiger partial charge in [-0.05, 0) is 176 Å². The summed E-state index contributed by atoms with van der Waals surface area (Å²) < 4.78 is 66.9. The number of ether oxygens (including phenoxy) is 11. The third-order valence-corrected chi connectivity index (χ3v) is 32.4. The highest BCUT2D eigenvalue weighted by Gasteiger charge is 2.53. The fourth-order valence-corrected chi connectivity index (χ4v) is 22.3. The first kappa shape index (κ1) is 114. The van der Waals surface area contributed by atoms with Crippen LogP contribution in [-0.4, -0.2) is 279 Å². The predicted molar refractivity (Wildman–Crippen MR) is 524 cm³/mol. The van der Waals surface area contributed by atoms with Crippen LogP contribution in [-0.2, 0) is 97.2 Å². The Hall–Kier alpha value is -7.61. The van der Waals surface area contributed by atoms with Crippen molar-refractivity contribution in [3.05, 3.63) is 85.0 Å². The molecule has 9 rings (SSSR count). The number of nitrogens with zero attached hydrogens (tertiary/aromatic N) is 1. The first-order valence-electron chi connectivity index (χ1n) is 46.6. The smallest absolute Gasteiger partial charge is 0.407 e. The van der Waals surface area contributed by atoms with Crippen LogP contribution >= 0.6 is 67.7 Å². The average Bonchev–Trinajstić information content (AvgIpc) is 0.779. The molecule has 2 bridgehead atoms. The number of primary amides is 1. The third kappa shape index (κ3) is 31.7. The normalized spacial score (nSPS) is 28.2. The number of Topliss-reactive ketones (excluding diaryl/α,β-unsaturated/α-hetero) is 4. The molecule has 0 saturated carbocycles. The van der Waals surface area contributed by atoms with Crippen LogP contribution in [0.5, 0.6) is 11.5 Å². The Balaban J connectivity index is 0.786. The minimum Gasteiger partial charge on any atom is -0.496 e. The van der Waals surface area contributed by atoms with Crippen molar-refractivity contribution in [2.75, 3.05) is 64.9 Å². The van der Waals surface area contributed by atoms with Crippen LogP contribution in [0.15, 0.2) is 59.2 Å². The van der Waals surface area contributed by atoms with Gasteiger partial charge in [0.25, 0.3) is 0 Å². The standard InChI is InChI=1S/C97H134IN7O29S4/c1-16-51(2)79(103-71(111)29-21-19-23-40-105-72(112)47-70(135-15)90(105)118)66(108)44-60(26-24-38-100-94(99)120)89(117)102-62-32-30-59(31-33-62)49-127-95(121)101-39-25-27-63(107)34-37-96(10,11)138-136-41-35-65-77-64(45-73(113)123-12)68(110)48-97(65,122)36-22-18-17-20-28-69(77)131-93-87(132-74-42-52(3)61(50-126-74)43-53(4)106)82(115)80(56(7)129-93)104-134-75-46-67(109)88(58(9)128-75)137-91(119)76-54(5)78(98)85(55(6)84(76)124-13)133-92-83(116)86(125-14)81(114)57(8)130-92/h17-18,30-33,35,51-52,56-58,60-61,67,69-70,74-75,79-83,86-88,92-93,104,109,114-116,122H,16,19,21,23-27,29,34,37-50H2,1-15H3,(H,101,121)(H,102,117)(H,103,111)(H3,99,100,120)/b18-17-,65-35-/t51?,52?,56?,57?,58?,60-,61?,67?,69+,70?,74?,75?,79+,80?,81?,82?,83?,86?,87?,88?,92?,93?,97+/m1/s1. The molecular weight excluding hydrogens is 1980 g/mol. The van der Waals surface area contributed by atoms with Crippen molar-refractivity contribution in [3.63, 3.8) is 0 Å². The van der Waals surface area contributed by atoms with Crippen LogP contribution in [0.1, 0.15) is 205 Å². The summed E-state index contributed by atoms with van der Waals surface area (Å²) in [5, 5.41) is 68.5. The van der Waals surface area contributed by atoms with Gasteiger partial charge in [-0.15, -0.1) is 0 Å². The van der Waals surface area contributed by atoms with Crippen molar-refractivity contribution in [2.24, 2.45) is 29.4 Å². The van der Waals surface area contributed by atoms with E-state index in [9.17, 15) is 83.1 Å². The first-order chi connectivity index (χ1) is 65.5. The van der Waals surface area contributed by atoms with Gasteiger partial charge in [0, 0.05) is 122 Å². The molecule has 5 fully saturated rings. The lowest BCUT2D eigenvalue weighted by molar-refractivity contribution is -0.335. The monoisotopic (exact) mass is 2120 g/mol. The zero-order valence-electron chi connectivity index (χ0n) is 80.8. The quantitative estimate of drug-likeness (QED) is 0.00559. The van der Waals surface area contributed by atoms with E-state index in [1.807, 2.05) is 57.2 Å². The van der Waals surface area contributed by atoms with Crippen molar-refractivity contribution in [1.29, 1.82) is 0 Å². The second-order valence-corrected chi connectivity index (χ2v) is 42.7. The summed E-state index contributed by atoms with van der Waals surface area (Å²) >= 11 is 4.23. The van der Waals surface area contributed by atoms with Crippen molar-refractivity contribution in [1.82, 2.24) is 26.3 Å². The number of methoxy groups -OCH3 is 3. The Kier molecular flexibility index (Phi) is 44.8. The summed E-state index contributed by atoms with van der Waals surface area (Å²) in [5.41, 5.74) is 8.07. The molecule has 36 nitrogen and oxygen atoms in total. The van der Waals surface area contributed by atoms with Gasteiger partial charge in [-0.25, -0.2) is 9.59 Å². The fourth-order valence-electron chi connectivity index (χ4n) is 17.3. The van der Waals surface area contributed by atoms with Gasteiger partial charge in [0.1, 0.15) is 66.3 Å². The number of aliphatic hydroxyl groups excluding tert-OH is 4. The molecule has 0 aromatic heterocycles. The van der Waals surface area contributed by atoms with E-state index >= 15 is 0 Å². The van der Waals surface area contributed by atoms with E-state index in [0.717, 1.165) is 18.9 Å². The number of ketones is 4. The number of aliphatic hydroxyl groups is 5. The molecule has 23 atom stereocenters. The number of halogens is 1. The third-order valence-electron chi connectivity index (χ3n) is 25.6. The SMILES string of the molecule is CCC(C)[C@H](NC(=O)CCCCCN1C(=O)CC(SC)C1=O)C(=O)C[C@@H](CCCNC(N)=O)C(=O)Nc1ccc(COC(=O)NCCCC(=O)CCC(C)(C)SSC/C=C2/C3=C(CC(=O)OC)C(=O)C[C@@]2(O)C#C/C=C\C#C[C@@H]3OC2OC(C)C(NOC3CC(O)C(SC(=O)c4c(C)c(I)c(OC5OC(C)C(O)C(OC)C5O)c(C)c4OC)C(C)O3)C(O)C2OC2CC(C)C(CC(C)=O)CO2)cc1. The van der Waals surface area contributed by atoms with E-state index in [2.05, 4.69) is 50.4 Å². The highest BCUT2D eigenvalue weighted by Crippen LogP contribution is 2.47. The number of hydrogen-bond donors (Lipinski definition) is 11. The topological polar surface area (TPSA) is 506 Å². The first-order valence-corrected chi connectivity index (χ1v) is 52.2. The second-order valence-electron chi connectivity index (χ2n) is 36.4. The number of unbranched alkanes of at least 4 members (excludes halogenated alkanes) is 2. The number of fused-ring (bicyclic) bond motifs is 2. The lowest BCUT2D eigenvalue weighted by Crippen LogP contribution is -2.64. The zero-order chi connectivity index (χ0) is 101. The number of amides is 7. The number of hydrogen-bond acceptors (Lipinski definition) is 34. The van der Waals surface area contributed by atoms with Crippen LogP contribution in [0.3, 0.4) is 0 Å². The van der Waals surface area contributed by atoms with Crippen molar-refractivity contribution < 1.29 is 140 Å². The largest absolute Gasteiger partial charge is 0.496 e. The zero-order valence-corrected chi connectivity index (χ0v) is 86.2. The fraction of sp³-hybridized carbons (Fsp3) is 0.649. The van der Waals surface area contributed by atoms with E-state index in [0.29, 0.717) is 70.9 Å². The Labute approximate surface area is 836 Å². The Morgan fingerprint density at radius 2 is 1.54 bits per heavy atom. The summed E-state index contributed by atoms with van der Waals surface area (Å²) in [7, 11) is 6.77. The lowest BCUT2D eigenvalue weighted by atomic mass is 9.72. The van der Waals surface area contributed by atoms with Gasteiger partial charge in [0.2, 0.25) is 35.0 Å². The van der Waals surface area contributed by atoms with Crippen LogP contribution in [0.2, 0.25) is 0 Å². The molecule has 12 N–H and O–H groups in total. The summed E-state index contributed by atoms with van der Waals surface area (Å²) in [4.78, 5) is 166. The van der Waals surface area contributed by atoms with Gasteiger partial charge in [0.15, 0.2) is 36.0 Å². The number of alkyl carbamates (subject to hydrolysis) is 1. The highest BCUT2D eigenvalue weighted by atomic mass is 127. The number of nitrogens with two attached hydrogens (primary N) is 1. The van der Waals surface area contributed by atoms with Crippen LogP contribution < -0.4 is 42.0 Å². The number of hydroxylamine groups is 1. The number of carbonyl (C=O) groups excluding carboxylic acids is 12. The molecule has 19 unspecified atom stereocenters. The maximum atomic E-state index is 14.6. The molecule has 762 valence electrons. The van der Waals surface area contributed by atoms with Crippen molar-refractivity contribution in [3.8, 4) is 35.2 Å². The van der Waals surface area contributed by atoms with Gasteiger partial charge in [-0.1, -0.05) is 109 Å². The molecule has 2 aromatic rings. The second kappa shape index (κ2) is 54.2. The minimum atomic E-state index is -2.19. The summed E-state index contributed by atoms with van der Waals surface area (Å²) in [5.74, 6) is 7.83. The predicted octanol–water partition coefficient (Wildman–Crippen LogP) is 9.09. The Morgan fingerprint density at radius 3 is 2.20 bits per heavy atom. The van der Waals surface area contributed by atoms with Gasteiger partial charge >= 0.3 is 18.1 Å². The molecule has 0 radical (unpaired) electrons. The molecule has 7 aliphatic rings. The van der Waals surface area contributed by atoms with Crippen molar-refractivity contribution >= 4 is 143 Å². The number of carbonyl (C=O) groups is 12. The Morgan fingerprint density at radius 1 is 0.819 bits per heavy atom. The molecule has 138 heavy (non-hydrogen) atoms. The molecular formula is C97H134IN7O29S4. The van der Waals surface area contributed by atoms with E-state index in [4.69, 9.17) is 62.7 Å². The molecule has 7 amide bonds. The average molecular weight is 2120 g/mol. The molecule has 2 aromatic carbocycles. The maximum Gasteiger partial charge on any atom is 0.407 e. The molecule has 0 spiro atoms. The number of benzene rings is 2. The summed E-state index contributed by atoms with van der Waals surface area (Å²) in [6.45, 7) is 20.0. The highest BCUT2D eigenvalue weighted by molar-refractivity contribution is 14.1. The van der Waals surface area contributed by atoms with Gasteiger partial charge in [-0.2, -0.15) is 17.2 Å². The van der Waals surface area contributed by atoms with E-state index < -0.39 is 168 Å². The van der Waals surface area contributed by atoms with E-state index in [1.54, 1.807) is 71.2 Å². The van der Waals surface area contributed by atoms with Crippen LogP contribution in [0.25, 0.3) is 0 Å². The van der Waals surface area contributed by atoms with E-state index in [-0.39, 0.29) is 188 Å². The lowest BCUT2D eigenvalue weighted by Gasteiger charge is -2.46. The number of urea groups is 1. The van der Waals surface area contributed by atoms with Gasteiger partial charge in [-0.3, -0.25) is 52.9 Å². The number of likely N-dealkylation sites (tertiary alicyclic amines) is 1. The molecule has 5 saturated heterocycles. The van der Waals surface area contributed by atoms with Crippen molar-refractivity contribution in [2.45, 2.75) is 317 Å². The number of imide groups is 1. The number of thioether (sulfide) groups is 2. The minimum absolute atomic E-state index is 0.0107. The van der Waals surface area contributed by atoms with E-state index in [1.165, 1.54) is 71.5 Å². The Bertz CT molecular complexity index is 4860. The van der Waals surface area contributed by atoms with Crippen LogP contribution in [0, 0.1) is 64.8 Å². The molecule has 2 aliphatic carbocycles. The number of rotatable bonds is 49. The maximum absolute atomic E-state index is 14.6. The number of allylic oxidation sites excluding steroid dienone is 2. The molecule has 5 heterocycles. The summed E-state index contributed by atoms with van der Waals surface area (Å²) in [6, 6.07) is 3.76. The number of esters is 1. The molecule has 5 aliphatic heterocycles. The van der Waals surface area contributed by atoms with Gasteiger partial charge < -0.3 is 109 Å². The number of anilines is 1. The number of nitrogens with one attached hydrogen (secondary N) is 5. The molecule has 41 heteroatoms. The van der Waals surface area contributed by atoms with Gasteiger partial charge in [0.05, 0.1) is 89.8 Å².